The number of hydrogen-bond acceptors (Lipinski definition) is 3. The lowest BCUT2D eigenvalue weighted by Gasteiger charge is -2.12. The third-order valence-electron chi connectivity index (χ3n) is 5.36. The van der Waals surface area contributed by atoms with E-state index in [-0.39, 0.29) is 10.8 Å². The van der Waals surface area contributed by atoms with Crippen molar-refractivity contribution in [3.8, 4) is 0 Å². The second-order valence-corrected chi connectivity index (χ2v) is 9.47. The lowest BCUT2D eigenvalue weighted by atomic mass is 10.1. The average molecular weight is 448 g/mol. The Hall–Kier alpha value is -3.58. The van der Waals surface area contributed by atoms with Crippen LogP contribution in [0.25, 0.3) is 10.9 Å². The predicted molar refractivity (Wildman–Crippen MR) is 128 cm³/mol. The zero-order chi connectivity index (χ0) is 22.7. The number of aryl methyl sites for hydroxylation is 2. The number of anilines is 1. The number of H-pyrrole nitrogens is 1. The third-order valence-corrected chi connectivity index (χ3v) is 6.89. The van der Waals surface area contributed by atoms with Gasteiger partial charge in [-0.1, -0.05) is 36.4 Å². The van der Waals surface area contributed by atoms with Crippen LogP contribution in [0.4, 0.5) is 5.69 Å². The summed E-state index contributed by atoms with van der Waals surface area (Å²) in [5, 5.41) is 4.05. The number of aromatic nitrogens is 1. The van der Waals surface area contributed by atoms with Crippen LogP contribution in [-0.2, 0) is 16.4 Å². The molecule has 0 fully saturated rings. The largest absolute Gasteiger partial charge is 0.361 e. The maximum Gasteiger partial charge on any atom is 0.262 e. The fraction of sp³-hybridized carbons (Fsp3) is 0.160. The van der Waals surface area contributed by atoms with Gasteiger partial charge >= 0.3 is 0 Å². The van der Waals surface area contributed by atoms with Gasteiger partial charge in [0.25, 0.3) is 15.9 Å². The van der Waals surface area contributed by atoms with Crippen LogP contribution in [0.2, 0.25) is 0 Å². The van der Waals surface area contributed by atoms with Crippen LogP contribution in [0.3, 0.4) is 0 Å². The van der Waals surface area contributed by atoms with E-state index in [2.05, 4.69) is 21.1 Å². The number of nitrogens with one attached hydrogen (secondary N) is 3. The Morgan fingerprint density at radius 1 is 0.969 bits per heavy atom. The van der Waals surface area contributed by atoms with E-state index < -0.39 is 10.0 Å². The van der Waals surface area contributed by atoms with Gasteiger partial charge in [0.2, 0.25) is 0 Å². The first kappa shape index (κ1) is 21.6. The van der Waals surface area contributed by atoms with Crippen molar-refractivity contribution in [2.24, 2.45) is 0 Å². The number of fused-ring (bicyclic) bond motifs is 1. The van der Waals surface area contributed by atoms with Gasteiger partial charge in [0.05, 0.1) is 4.90 Å². The van der Waals surface area contributed by atoms with Crippen molar-refractivity contribution in [3.05, 3.63) is 95.2 Å². The van der Waals surface area contributed by atoms with Gasteiger partial charge in [-0.15, -0.1) is 0 Å². The summed E-state index contributed by atoms with van der Waals surface area (Å²) < 4.78 is 28.3. The van der Waals surface area contributed by atoms with Gasteiger partial charge in [0.15, 0.2) is 0 Å². The highest BCUT2D eigenvalue weighted by Crippen LogP contribution is 2.21. The summed E-state index contributed by atoms with van der Waals surface area (Å²) in [6, 6.07) is 19.8. The maximum absolute atomic E-state index is 12.9. The molecule has 0 bridgehead atoms. The van der Waals surface area contributed by atoms with E-state index in [1.165, 1.54) is 0 Å². The standard InChI is InChI=1S/C25H25N3O3S/c1-17-10-11-18(2)24(14-17)32(30,31)28-21-7-5-6-19(15-21)25(29)26-13-12-20-16-27-23-9-4-3-8-22(20)23/h3-11,14-16,27-28H,12-13H2,1-2H3,(H,26,29). The first-order valence-corrected chi connectivity index (χ1v) is 11.9. The van der Waals surface area contributed by atoms with Crippen molar-refractivity contribution < 1.29 is 13.2 Å². The van der Waals surface area contributed by atoms with E-state index in [4.69, 9.17) is 0 Å². The summed E-state index contributed by atoms with van der Waals surface area (Å²) in [5.74, 6) is -0.252. The van der Waals surface area contributed by atoms with E-state index in [0.717, 1.165) is 22.0 Å². The van der Waals surface area contributed by atoms with E-state index in [9.17, 15) is 13.2 Å². The van der Waals surface area contributed by atoms with Crippen molar-refractivity contribution in [2.45, 2.75) is 25.2 Å². The first-order chi connectivity index (χ1) is 15.3. The van der Waals surface area contributed by atoms with Crippen LogP contribution >= 0.6 is 0 Å². The van der Waals surface area contributed by atoms with E-state index >= 15 is 0 Å². The maximum atomic E-state index is 12.9. The topological polar surface area (TPSA) is 91.1 Å². The molecule has 0 saturated carbocycles. The summed E-state index contributed by atoms with van der Waals surface area (Å²) in [5.41, 5.74) is 4.46. The lowest BCUT2D eigenvalue weighted by Crippen LogP contribution is -2.25. The molecule has 1 aromatic heterocycles. The van der Waals surface area contributed by atoms with Crippen LogP contribution in [0.15, 0.2) is 77.8 Å². The molecule has 4 aromatic rings. The van der Waals surface area contributed by atoms with Crippen molar-refractivity contribution >= 4 is 32.5 Å². The molecule has 0 atom stereocenters. The molecule has 0 aliphatic heterocycles. The zero-order valence-electron chi connectivity index (χ0n) is 18.0. The molecule has 1 heterocycles. The Morgan fingerprint density at radius 2 is 1.78 bits per heavy atom. The van der Waals surface area contributed by atoms with E-state index in [1.54, 1.807) is 43.3 Å². The van der Waals surface area contributed by atoms with Crippen molar-refractivity contribution in [3.63, 3.8) is 0 Å². The van der Waals surface area contributed by atoms with Crippen LogP contribution in [0.5, 0.6) is 0 Å². The SMILES string of the molecule is Cc1ccc(C)c(S(=O)(=O)Nc2cccc(C(=O)NCCc3c[nH]c4ccccc34)c2)c1. The summed E-state index contributed by atoms with van der Waals surface area (Å²) in [6.45, 7) is 4.07. The number of sulfonamides is 1. The van der Waals surface area contributed by atoms with Gasteiger partial charge in [0.1, 0.15) is 0 Å². The molecule has 4 rings (SSSR count). The van der Waals surface area contributed by atoms with E-state index in [0.29, 0.717) is 29.8 Å². The molecule has 7 heteroatoms. The molecule has 6 nitrogen and oxygen atoms in total. The van der Waals surface area contributed by atoms with Gasteiger partial charge < -0.3 is 10.3 Å². The van der Waals surface area contributed by atoms with Gasteiger partial charge in [-0.3, -0.25) is 9.52 Å². The van der Waals surface area contributed by atoms with E-state index in [1.807, 2.05) is 37.4 Å². The van der Waals surface area contributed by atoms with Crippen molar-refractivity contribution in [1.82, 2.24) is 10.3 Å². The highest BCUT2D eigenvalue weighted by molar-refractivity contribution is 7.92. The van der Waals surface area contributed by atoms with Crippen molar-refractivity contribution in [2.75, 3.05) is 11.3 Å². The first-order valence-electron chi connectivity index (χ1n) is 10.4. The molecule has 0 saturated heterocycles. The lowest BCUT2D eigenvalue weighted by molar-refractivity contribution is 0.0954. The van der Waals surface area contributed by atoms with Crippen LogP contribution in [-0.4, -0.2) is 25.9 Å². The second-order valence-electron chi connectivity index (χ2n) is 7.82. The number of amides is 1. The van der Waals surface area contributed by atoms with Crippen LogP contribution in [0.1, 0.15) is 27.0 Å². The molecule has 164 valence electrons. The van der Waals surface area contributed by atoms with Gasteiger partial charge in [-0.2, -0.15) is 0 Å². The smallest absolute Gasteiger partial charge is 0.262 e. The number of benzene rings is 3. The van der Waals surface area contributed by atoms with Crippen LogP contribution < -0.4 is 10.0 Å². The molecule has 3 aromatic carbocycles. The number of carbonyl (C=O) groups excluding carboxylic acids is 1. The Kier molecular flexibility index (Phi) is 6.01. The van der Waals surface area contributed by atoms with Gasteiger partial charge in [-0.05, 0) is 67.3 Å². The van der Waals surface area contributed by atoms with Gasteiger partial charge in [-0.25, -0.2) is 8.42 Å². The quantitative estimate of drug-likeness (QED) is 0.388. The molecule has 0 radical (unpaired) electrons. The number of rotatable bonds is 7. The molecule has 32 heavy (non-hydrogen) atoms. The molecule has 0 aliphatic rings. The fourth-order valence-electron chi connectivity index (χ4n) is 3.68. The predicted octanol–water partition coefficient (Wildman–Crippen LogP) is 4.56. The molecular weight excluding hydrogens is 422 g/mol. The number of para-hydroxylation sites is 1. The average Bonchev–Trinajstić information content (AvgIpc) is 3.18. The summed E-state index contributed by atoms with van der Waals surface area (Å²) in [4.78, 5) is 16.1. The summed E-state index contributed by atoms with van der Waals surface area (Å²) >= 11 is 0. The molecule has 0 unspecified atom stereocenters. The zero-order valence-corrected chi connectivity index (χ0v) is 18.8. The summed E-state index contributed by atoms with van der Waals surface area (Å²) in [7, 11) is -3.76. The molecule has 3 N–H and O–H groups in total. The number of carbonyl (C=O) groups is 1. The molecule has 0 spiro atoms. The molecular formula is C25H25N3O3S. The number of aromatic amines is 1. The van der Waals surface area contributed by atoms with Crippen LogP contribution in [0, 0.1) is 13.8 Å². The highest BCUT2D eigenvalue weighted by atomic mass is 32.2. The third kappa shape index (κ3) is 4.68. The highest BCUT2D eigenvalue weighted by Gasteiger charge is 2.18. The van der Waals surface area contributed by atoms with Crippen molar-refractivity contribution in [1.29, 1.82) is 0 Å². The number of hydrogen-bond donors (Lipinski definition) is 3. The second kappa shape index (κ2) is 8.88. The Balaban J connectivity index is 1.43. The Bertz CT molecular complexity index is 1390. The van der Waals surface area contributed by atoms with Gasteiger partial charge in [0, 0.05) is 34.9 Å². The normalized spacial score (nSPS) is 11.4. The Morgan fingerprint density at radius 3 is 2.62 bits per heavy atom. The fourth-order valence-corrected chi connectivity index (χ4v) is 5.06. The molecule has 1 amide bonds. The molecule has 0 aliphatic carbocycles. The minimum atomic E-state index is -3.76. The Labute approximate surface area is 187 Å². The minimum absolute atomic E-state index is 0.228. The summed E-state index contributed by atoms with van der Waals surface area (Å²) in [6.07, 6.45) is 2.65. The minimum Gasteiger partial charge on any atom is -0.361 e. The monoisotopic (exact) mass is 447 g/mol.